The summed E-state index contributed by atoms with van der Waals surface area (Å²) in [5.41, 5.74) is 7.97. The van der Waals surface area contributed by atoms with E-state index in [2.05, 4.69) is 15.0 Å². The highest BCUT2D eigenvalue weighted by Crippen LogP contribution is 2.33. The SMILES string of the molecule is COC(=O)[C@H]1O[C@H](OC[C@H]2O[C@@H](n3cc(C)c(=O)[nH]c3=O)C[C@@H]2N=[N+]=[N-])[C@H](OC(C)=O)[C@@H](OC(C)=O)[C@@H]1OC(C)=O. The molecule has 0 aromatic carbocycles. The quantitative estimate of drug-likeness (QED) is 0.127. The minimum Gasteiger partial charge on any atom is -0.467 e. The Labute approximate surface area is 231 Å². The average Bonchev–Trinajstić information content (AvgIpc) is 3.28. The van der Waals surface area contributed by atoms with Crippen LogP contribution in [-0.4, -0.2) is 90.0 Å². The first kappa shape index (κ1) is 31.3. The Morgan fingerprint density at radius 2 is 1.66 bits per heavy atom. The van der Waals surface area contributed by atoms with Gasteiger partial charge in [0.25, 0.3) is 5.56 Å². The molecule has 2 aliphatic rings. The van der Waals surface area contributed by atoms with E-state index in [0.29, 0.717) is 0 Å². The fourth-order valence-corrected chi connectivity index (χ4v) is 4.43. The van der Waals surface area contributed by atoms with Gasteiger partial charge in [-0.2, -0.15) is 0 Å². The van der Waals surface area contributed by atoms with Crippen molar-refractivity contribution in [1.29, 1.82) is 0 Å². The summed E-state index contributed by atoms with van der Waals surface area (Å²) in [5, 5.41) is 3.70. The highest BCUT2D eigenvalue weighted by molar-refractivity contribution is 5.77. The molecule has 0 radical (unpaired) electrons. The molecular formula is C23H29N5O13. The van der Waals surface area contributed by atoms with Crippen LogP contribution in [0.2, 0.25) is 0 Å². The minimum atomic E-state index is -1.67. The summed E-state index contributed by atoms with van der Waals surface area (Å²) in [5.74, 6) is -3.58. The van der Waals surface area contributed by atoms with E-state index >= 15 is 0 Å². The van der Waals surface area contributed by atoms with Crippen LogP contribution >= 0.6 is 0 Å². The van der Waals surface area contributed by atoms with Gasteiger partial charge in [-0.25, -0.2) is 9.59 Å². The molecule has 1 N–H and O–H groups in total. The molecule has 2 aliphatic heterocycles. The van der Waals surface area contributed by atoms with Crippen LogP contribution in [0.3, 0.4) is 0 Å². The van der Waals surface area contributed by atoms with E-state index in [0.717, 1.165) is 32.4 Å². The molecule has 0 bridgehead atoms. The van der Waals surface area contributed by atoms with E-state index in [9.17, 15) is 28.8 Å². The van der Waals surface area contributed by atoms with E-state index in [4.69, 9.17) is 38.7 Å². The van der Waals surface area contributed by atoms with Crippen molar-refractivity contribution in [3.05, 3.63) is 43.0 Å². The predicted octanol–water partition coefficient (Wildman–Crippen LogP) is -0.479. The van der Waals surface area contributed by atoms with Crippen LogP contribution in [0.15, 0.2) is 20.9 Å². The van der Waals surface area contributed by atoms with Crippen molar-refractivity contribution < 1.29 is 52.3 Å². The van der Waals surface area contributed by atoms with Gasteiger partial charge in [0.05, 0.1) is 25.9 Å². The number of azide groups is 1. The molecule has 0 aliphatic carbocycles. The maximum atomic E-state index is 12.6. The lowest BCUT2D eigenvalue weighted by Gasteiger charge is -2.43. The van der Waals surface area contributed by atoms with E-state index < -0.39 is 90.8 Å². The summed E-state index contributed by atoms with van der Waals surface area (Å²) in [6, 6.07) is -0.866. The third-order valence-corrected chi connectivity index (χ3v) is 6.12. The summed E-state index contributed by atoms with van der Waals surface area (Å²) in [6.07, 6.45) is -8.58. The molecule has 2 saturated heterocycles. The monoisotopic (exact) mass is 583 g/mol. The number of nitrogens with zero attached hydrogens (tertiary/aromatic N) is 4. The maximum absolute atomic E-state index is 12.6. The van der Waals surface area contributed by atoms with Crippen molar-refractivity contribution in [2.45, 2.75) is 83.2 Å². The Morgan fingerprint density at radius 3 is 2.24 bits per heavy atom. The molecule has 0 amide bonds. The first-order valence-corrected chi connectivity index (χ1v) is 12.2. The van der Waals surface area contributed by atoms with E-state index in [1.54, 1.807) is 0 Å². The van der Waals surface area contributed by atoms with Gasteiger partial charge >= 0.3 is 29.6 Å². The number of nitrogens with one attached hydrogen (secondary N) is 1. The van der Waals surface area contributed by atoms with Crippen LogP contribution in [0.1, 0.15) is 39.0 Å². The highest BCUT2D eigenvalue weighted by atomic mass is 16.7. The molecule has 41 heavy (non-hydrogen) atoms. The molecule has 8 atom stereocenters. The Balaban J connectivity index is 1.91. The second-order valence-electron chi connectivity index (χ2n) is 9.12. The molecule has 0 spiro atoms. The number of esters is 4. The van der Waals surface area contributed by atoms with Crippen LogP contribution in [0.5, 0.6) is 0 Å². The van der Waals surface area contributed by atoms with Crippen molar-refractivity contribution in [2.75, 3.05) is 13.7 Å². The largest absolute Gasteiger partial charge is 0.467 e. The molecule has 0 unspecified atom stereocenters. The summed E-state index contributed by atoms with van der Waals surface area (Å²) in [6.45, 7) is 4.23. The number of methoxy groups -OCH3 is 1. The van der Waals surface area contributed by atoms with E-state index in [1.165, 1.54) is 13.1 Å². The van der Waals surface area contributed by atoms with Gasteiger partial charge in [0, 0.05) is 43.9 Å². The van der Waals surface area contributed by atoms with E-state index in [1.807, 2.05) is 0 Å². The van der Waals surface area contributed by atoms with Crippen LogP contribution in [0.4, 0.5) is 0 Å². The van der Waals surface area contributed by atoms with Crippen molar-refractivity contribution in [2.24, 2.45) is 5.11 Å². The number of carbonyl (C=O) groups excluding carboxylic acids is 4. The Bertz CT molecular complexity index is 1340. The number of aromatic amines is 1. The lowest BCUT2D eigenvalue weighted by atomic mass is 9.97. The lowest BCUT2D eigenvalue weighted by molar-refractivity contribution is -0.305. The van der Waals surface area contributed by atoms with Gasteiger partial charge in [-0.15, -0.1) is 0 Å². The van der Waals surface area contributed by atoms with Crippen LogP contribution in [0, 0.1) is 6.92 Å². The Morgan fingerprint density at radius 1 is 1.05 bits per heavy atom. The fraction of sp³-hybridized carbons (Fsp3) is 0.652. The fourth-order valence-electron chi connectivity index (χ4n) is 4.43. The number of H-pyrrole nitrogens is 1. The van der Waals surface area contributed by atoms with Crippen LogP contribution < -0.4 is 11.2 Å². The summed E-state index contributed by atoms with van der Waals surface area (Å²) < 4.78 is 39.1. The number of aromatic nitrogens is 2. The normalized spacial score (nSPS) is 29.1. The van der Waals surface area contributed by atoms with E-state index in [-0.39, 0.29) is 12.0 Å². The molecule has 3 rings (SSSR count). The Kier molecular flexibility index (Phi) is 10.2. The summed E-state index contributed by atoms with van der Waals surface area (Å²) >= 11 is 0. The van der Waals surface area contributed by atoms with Crippen molar-refractivity contribution in [3.8, 4) is 0 Å². The van der Waals surface area contributed by atoms with Gasteiger partial charge in [-0.1, -0.05) is 5.11 Å². The van der Waals surface area contributed by atoms with Crippen LogP contribution in [0.25, 0.3) is 10.4 Å². The summed E-state index contributed by atoms with van der Waals surface area (Å²) in [4.78, 5) is 77.4. The molecule has 18 nitrogen and oxygen atoms in total. The third kappa shape index (κ3) is 7.49. The zero-order valence-electron chi connectivity index (χ0n) is 22.7. The molecular weight excluding hydrogens is 554 g/mol. The molecule has 2 fully saturated rings. The predicted molar refractivity (Wildman–Crippen MR) is 131 cm³/mol. The summed E-state index contributed by atoms with van der Waals surface area (Å²) in [7, 11) is 1.04. The molecule has 1 aromatic rings. The lowest BCUT2D eigenvalue weighted by Crippen LogP contribution is -2.64. The van der Waals surface area contributed by atoms with Gasteiger partial charge in [-0.05, 0) is 12.5 Å². The standard InChI is InChI=1S/C23H29N5O13/c1-9-7-28(23(34)25-20(9)32)15-6-13(26-27-24)14(40-15)8-36-22-19(39-12(4)31)17(38-11(3)30)16(37-10(2)29)18(41-22)21(33)35-5/h7,13-19,22H,6,8H2,1-5H3,(H,25,32,34)/t13-,14+,15+,16-,17-,18-,19+,22-/m0/s1. The maximum Gasteiger partial charge on any atom is 0.339 e. The second-order valence-corrected chi connectivity index (χ2v) is 9.12. The smallest absolute Gasteiger partial charge is 0.339 e. The van der Waals surface area contributed by atoms with Gasteiger partial charge < -0.3 is 33.2 Å². The number of rotatable bonds is 9. The van der Waals surface area contributed by atoms with Gasteiger partial charge in [0.1, 0.15) is 6.23 Å². The molecule has 3 heterocycles. The number of ether oxygens (including phenoxy) is 7. The number of aryl methyl sites for hydroxylation is 1. The number of hydrogen-bond donors (Lipinski definition) is 1. The van der Waals surface area contributed by atoms with Crippen molar-refractivity contribution >= 4 is 23.9 Å². The van der Waals surface area contributed by atoms with Crippen LogP contribution in [-0.2, 0) is 52.3 Å². The third-order valence-electron chi connectivity index (χ3n) is 6.12. The first-order chi connectivity index (χ1) is 19.4. The van der Waals surface area contributed by atoms with Gasteiger partial charge in [0.2, 0.25) is 0 Å². The number of hydrogen-bond acceptors (Lipinski definition) is 14. The average molecular weight is 584 g/mol. The Hall–Kier alpha value is -4.25. The van der Waals surface area contributed by atoms with Gasteiger partial charge in [-0.3, -0.25) is 28.7 Å². The topological polar surface area (TPSA) is 237 Å². The molecule has 0 saturated carbocycles. The molecule has 18 heteroatoms. The zero-order chi connectivity index (χ0) is 30.4. The zero-order valence-corrected chi connectivity index (χ0v) is 22.7. The first-order valence-electron chi connectivity index (χ1n) is 12.2. The molecule has 1 aromatic heterocycles. The second kappa shape index (κ2) is 13.4. The minimum absolute atomic E-state index is 0.0256. The number of carbonyl (C=O) groups is 4. The van der Waals surface area contributed by atoms with Crippen molar-refractivity contribution in [3.63, 3.8) is 0 Å². The highest BCUT2D eigenvalue weighted by Gasteiger charge is 2.55. The van der Waals surface area contributed by atoms with Crippen molar-refractivity contribution in [1.82, 2.24) is 9.55 Å². The van der Waals surface area contributed by atoms with Gasteiger partial charge in [0.15, 0.2) is 30.7 Å². The molecule has 224 valence electrons.